The first-order valence-electron chi connectivity index (χ1n) is 12.8. The number of piperazine rings is 1. The zero-order chi connectivity index (χ0) is 23.2. The predicted octanol–water partition coefficient (Wildman–Crippen LogP) is 2.50. The van der Waals surface area contributed by atoms with Crippen molar-refractivity contribution < 1.29 is 14.2 Å². The highest BCUT2D eigenvalue weighted by atomic mass is 16.5. The molecule has 0 amide bonds. The van der Waals surface area contributed by atoms with Gasteiger partial charge in [0, 0.05) is 63.4 Å². The molecule has 3 fully saturated rings. The third-order valence-electron chi connectivity index (χ3n) is 7.01. The van der Waals surface area contributed by atoms with E-state index >= 15 is 0 Å². The van der Waals surface area contributed by atoms with E-state index in [1.54, 1.807) is 7.11 Å². The highest BCUT2D eigenvalue weighted by Crippen LogP contribution is 2.36. The predicted molar refractivity (Wildman–Crippen MR) is 134 cm³/mol. The Balaban J connectivity index is 1.40. The summed E-state index contributed by atoms with van der Waals surface area (Å²) in [4.78, 5) is 14.7. The van der Waals surface area contributed by atoms with E-state index in [2.05, 4.69) is 20.4 Å². The molecule has 0 saturated carbocycles. The van der Waals surface area contributed by atoms with Crippen LogP contribution in [0.3, 0.4) is 0 Å². The molecule has 186 valence electrons. The molecular weight excluding hydrogens is 432 g/mol. The summed E-state index contributed by atoms with van der Waals surface area (Å²) in [5, 5.41) is 8.06. The summed E-state index contributed by atoms with van der Waals surface area (Å²) in [6.45, 7) is 9.44. The molecule has 0 bridgehead atoms. The van der Waals surface area contributed by atoms with Crippen LogP contribution in [0, 0.1) is 0 Å². The zero-order valence-corrected chi connectivity index (χ0v) is 20.4. The summed E-state index contributed by atoms with van der Waals surface area (Å²) in [7, 11) is 1.69. The number of ether oxygens (including phenoxy) is 3. The molecule has 0 spiro atoms. The molecule has 0 aliphatic carbocycles. The van der Waals surface area contributed by atoms with Crippen molar-refractivity contribution in [3.63, 3.8) is 0 Å². The van der Waals surface area contributed by atoms with Crippen molar-refractivity contribution in [2.24, 2.45) is 0 Å². The molecule has 0 unspecified atom stereocenters. The Kier molecular flexibility index (Phi) is 7.83. The van der Waals surface area contributed by atoms with Gasteiger partial charge in [0.05, 0.1) is 19.2 Å². The minimum absolute atomic E-state index is 0.343. The average Bonchev–Trinajstić information content (AvgIpc) is 3.41. The minimum Gasteiger partial charge on any atom is -0.493 e. The Morgan fingerprint density at radius 1 is 1.06 bits per heavy atom. The van der Waals surface area contributed by atoms with Gasteiger partial charge in [-0.05, 0) is 51.3 Å². The second kappa shape index (κ2) is 11.4. The summed E-state index contributed by atoms with van der Waals surface area (Å²) in [5.41, 5.74) is 0.883. The van der Waals surface area contributed by atoms with Crippen LogP contribution in [-0.4, -0.2) is 93.7 Å². The Morgan fingerprint density at radius 2 is 1.85 bits per heavy atom. The Bertz CT molecular complexity index is 940. The molecule has 1 aromatic heterocycles. The van der Waals surface area contributed by atoms with Gasteiger partial charge in [-0.1, -0.05) is 0 Å². The second-order valence-electron chi connectivity index (χ2n) is 9.41. The summed E-state index contributed by atoms with van der Waals surface area (Å²) < 4.78 is 17.5. The molecule has 4 heterocycles. The van der Waals surface area contributed by atoms with Gasteiger partial charge >= 0.3 is 0 Å². The number of likely N-dealkylation sites (tertiary alicyclic amines) is 1. The summed E-state index contributed by atoms with van der Waals surface area (Å²) >= 11 is 0. The van der Waals surface area contributed by atoms with Crippen molar-refractivity contribution in [1.82, 2.24) is 20.2 Å². The molecule has 3 saturated heterocycles. The summed E-state index contributed by atoms with van der Waals surface area (Å²) in [6.07, 6.45) is 5.60. The van der Waals surface area contributed by atoms with Crippen molar-refractivity contribution in [2.75, 3.05) is 83.0 Å². The lowest BCUT2D eigenvalue weighted by Gasteiger charge is -2.29. The molecule has 1 aromatic carbocycles. The maximum Gasteiger partial charge on any atom is 0.227 e. The Hall–Kier alpha value is -2.36. The third kappa shape index (κ3) is 5.64. The molecule has 34 heavy (non-hydrogen) atoms. The van der Waals surface area contributed by atoms with Gasteiger partial charge < -0.3 is 34.6 Å². The molecule has 5 rings (SSSR count). The second-order valence-corrected chi connectivity index (χ2v) is 9.41. The largest absolute Gasteiger partial charge is 0.493 e. The monoisotopic (exact) mass is 470 g/mol. The van der Waals surface area contributed by atoms with Gasteiger partial charge in [-0.3, -0.25) is 0 Å². The van der Waals surface area contributed by atoms with Gasteiger partial charge in [-0.2, -0.15) is 4.98 Å². The number of benzene rings is 1. The molecule has 9 heteroatoms. The lowest BCUT2D eigenvalue weighted by Crippen LogP contribution is -2.44. The van der Waals surface area contributed by atoms with Gasteiger partial charge in [-0.15, -0.1) is 0 Å². The standard InChI is InChI=1S/C25H38N6O3/c1-32-22-17-20-21(18-23(22)34-14-4-11-30-9-2-3-10-30)28-25(31-12-7-26-8-13-31)29-24(20)27-19-5-15-33-16-6-19/h17-19,26H,2-16H2,1H3,(H,27,28,29). The lowest BCUT2D eigenvalue weighted by atomic mass is 10.1. The van der Waals surface area contributed by atoms with E-state index in [4.69, 9.17) is 24.2 Å². The van der Waals surface area contributed by atoms with Crippen LogP contribution in [0.4, 0.5) is 11.8 Å². The van der Waals surface area contributed by atoms with Crippen LogP contribution in [0.15, 0.2) is 12.1 Å². The van der Waals surface area contributed by atoms with E-state index in [9.17, 15) is 0 Å². The van der Waals surface area contributed by atoms with Crippen LogP contribution in [-0.2, 0) is 4.74 Å². The highest BCUT2D eigenvalue weighted by molar-refractivity contribution is 5.93. The third-order valence-corrected chi connectivity index (χ3v) is 7.01. The van der Waals surface area contributed by atoms with Crippen LogP contribution in [0.1, 0.15) is 32.1 Å². The molecule has 0 radical (unpaired) electrons. The van der Waals surface area contributed by atoms with E-state index in [0.717, 1.165) is 99.4 Å². The van der Waals surface area contributed by atoms with Gasteiger partial charge in [0.1, 0.15) is 5.82 Å². The minimum atomic E-state index is 0.343. The maximum absolute atomic E-state index is 6.20. The quantitative estimate of drug-likeness (QED) is 0.537. The van der Waals surface area contributed by atoms with Gasteiger partial charge in [-0.25, -0.2) is 4.98 Å². The maximum atomic E-state index is 6.20. The number of aromatic nitrogens is 2. The summed E-state index contributed by atoms with van der Waals surface area (Å²) in [5.74, 6) is 3.11. The number of nitrogens with zero attached hydrogens (tertiary/aromatic N) is 4. The van der Waals surface area contributed by atoms with E-state index in [1.165, 1.54) is 25.9 Å². The molecule has 3 aliphatic heterocycles. The van der Waals surface area contributed by atoms with Crippen molar-refractivity contribution in [3.05, 3.63) is 12.1 Å². The molecule has 0 atom stereocenters. The molecule has 3 aliphatic rings. The average molecular weight is 471 g/mol. The SMILES string of the molecule is COc1cc2c(NC3CCOCC3)nc(N3CCNCC3)nc2cc1OCCCN1CCCC1. The van der Waals surface area contributed by atoms with Gasteiger partial charge in [0.25, 0.3) is 0 Å². The number of rotatable bonds is 9. The lowest BCUT2D eigenvalue weighted by molar-refractivity contribution is 0.0904. The first-order valence-corrected chi connectivity index (χ1v) is 12.8. The van der Waals surface area contributed by atoms with Crippen molar-refractivity contribution in [2.45, 2.75) is 38.1 Å². The fraction of sp³-hybridized carbons (Fsp3) is 0.680. The highest BCUT2D eigenvalue weighted by Gasteiger charge is 2.21. The van der Waals surface area contributed by atoms with Crippen molar-refractivity contribution >= 4 is 22.7 Å². The number of hydrogen-bond donors (Lipinski definition) is 2. The van der Waals surface area contributed by atoms with E-state index in [0.29, 0.717) is 12.6 Å². The summed E-state index contributed by atoms with van der Waals surface area (Å²) in [6, 6.07) is 4.39. The number of anilines is 2. The number of nitrogens with one attached hydrogen (secondary N) is 2. The van der Waals surface area contributed by atoms with Crippen LogP contribution in [0.2, 0.25) is 0 Å². The van der Waals surface area contributed by atoms with Crippen LogP contribution < -0.4 is 25.0 Å². The van der Waals surface area contributed by atoms with E-state index in [-0.39, 0.29) is 0 Å². The molecular formula is C25H38N6O3. The number of hydrogen-bond acceptors (Lipinski definition) is 9. The Morgan fingerprint density at radius 3 is 2.62 bits per heavy atom. The first kappa shape index (κ1) is 23.4. The Labute approximate surface area is 202 Å². The number of fused-ring (bicyclic) bond motifs is 1. The van der Waals surface area contributed by atoms with E-state index in [1.807, 2.05) is 12.1 Å². The van der Waals surface area contributed by atoms with Crippen LogP contribution >= 0.6 is 0 Å². The molecule has 2 N–H and O–H groups in total. The van der Waals surface area contributed by atoms with Gasteiger partial charge in [0.15, 0.2) is 11.5 Å². The van der Waals surface area contributed by atoms with E-state index < -0.39 is 0 Å². The van der Waals surface area contributed by atoms with Crippen LogP contribution in [0.25, 0.3) is 10.9 Å². The van der Waals surface area contributed by atoms with Crippen molar-refractivity contribution in [1.29, 1.82) is 0 Å². The molecule has 2 aromatic rings. The van der Waals surface area contributed by atoms with Crippen molar-refractivity contribution in [3.8, 4) is 11.5 Å². The topological polar surface area (TPSA) is 84.0 Å². The first-order chi connectivity index (χ1) is 16.8. The fourth-order valence-corrected chi connectivity index (χ4v) is 5.02. The smallest absolute Gasteiger partial charge is 0.227 e. The zero-order valence-electron chi connectivity index (χ0n) is 20.4. The van der Waals surface area contributed by atoms with Crippen LogP contribution in [0.5, 0.6) is 11.5 Å². The normalized spacial score (nSPS) is 20.1. The number of methoxy groups -OCH3 is 1. The molecule has 9 nitrogen and oxygen atoms in total. The van der Waals surface area contributed by atoms with Gasteiger partial charge in [0.2, 0.25) is 5.95 Å². The fourth-order valence-electron chi connectivity index (χ4n) is 5.02.